The molecule has 0 bridgehead atoms. The van der Waals surface area contributed by atoms with Gasteiger partial charge in [-0.25, -0.2) is 13.4 Å². The van der Waals surface area contributed by atoms with Gasteiger partial charge < -0.3 is 0 Å². The van der Waals surface area contributed by atoms with E-state index in [0.717, 1.165) is 16.4 Å². The highest BCUT2D eigenvalue weighted by Gasteiger charge is 2.15. The quantitative estimate of drug-likeness (QED) is 0.583. The second-order valence-corrected chi connectivity index (χ2v) is 9.02. The molecule has 3 rings (SSSR count). The van der Waals surface area contributed by atoms with E-state index >= 15 is 0 Å². The van der Waals surface area contributed by atoms with Gasteiger partial charge in [-0.1, -0.05) is 47.6 Å². The van der Waals surface area contributed by atoms with Gasteiger partial charge in [0, 0.05) is 23.2 Å². The van der Waals surface area contributed by atoms with E-state index in [0.29, 0.717) is 15.7 Å². The van der Waals surface area contributed by atoms with E-state index in [1.54, 1.807) is 36.5 Å². The van der Waals surface area contributed by atoms with Crippen LogP contribution in [0.15, 0.2) is 71.0 Å². The first-order valence-electron chi connectivity index (χ1n) is 7.68. The summed E-state index contributed by atoms with van der Waals surface area (Å²) in [5, 5.41) is 1.43. The second kappa shape index (κ2) is 7.64. The van der Waals surface area contributed by atoms with Crippen LogP contribution in [0.4, 0.5) is 0 Å². The van der Waals surface area contributed by atoms with Crippen molar-refractivity contribution in [2.75, 3.05) is 11.5 Å². The summed E-state index contributed by atoms with van der Waals surface area (Å²) < 4.78 is 26.6. The molecule has 1 heterocycles. The predicted octanol–water partition coefficient (Wildman–Crippen LogP) is 4.40. The largest absolute Gasteiger partial charge is 0.295 e. The molecule has 0 unspecified atom stereocenters. The van der Waals surface area contributed by atoms with Gasteiger partial charge >= 0.3 is 0 Å². The number of nitrogens with zero attached hydrogens (tertiary/aromatic N) is 2. The Hall–Kier alpha value is -1.76. The molecule has 4 nitrogen and oxygen atoms in total. The molecule has 0 saturated carbocycles. The zero-order valence-electron chi connectivity index (χ0n) is 13.6. The fourth-order valence-corrected chi connectivity index (χ4v) is 5.23. The van der Waals surface area contributed by atoms with Crippen molar-refractivity contribution in [1.29, 1.82) is 0 Å². The Kier molecular flexibility index (Phi) is 5.51. The lowest BCUT2D eigenvalue weighted by atomic mass is 10.2. The number of imidazole rings is 1. The monoisotopic (exact) mass is 392 g/mol. The number of halogens is 1. The van der Waals surface area contributed by atoms with Crippen LogP contribution < -0.4 is 0 Å². The number of hydrogen-bond acceptors (Lipinski definition) is 4. The third-order valence-corrected chi connectivity index (χ3v) is 7.16. The third-order valence-electron chi connectivity index (χ3n) is 3.79. The van der Waals surface area contributed by atoms with E-state index < -0.39 is 9.84 Å². The molecule has 0 aliphatic heterocycles. The fraction of sp³-hybridized carbons (Fsp3) is 0.167. The van der Waals surface area contributed by atoms with E-state index in [9.17, 15) is 8.42 Å². The van der Waals surface area contributed by atoms with Crippen LogP contribution in [-0.4, -0.2) is 29.5 Å². The van der Waals surface area contributed by atoms with Gasteiger partial charge in [-0.15, -0.1) is 0 Å². The number of thioether (sulfide) groups is 1. The fourth-order valence-electron chi connectivity index (χ4n) is 2.43. The Morgan fingerprint density at radius 3 is 2.64 bits per heavy atom. The smallest absolute Gasteiger partial charge is 0.179 e. The average molecular weight is 393 g/mol. The Morgan fingerprint density at radius 2 is 1.88 bits per heavy atom. The van der Waals surface area contributed by atoms with Crippen molar-refractivity contribution in [2.24, 2.45) is 0 Å². The second-order valence-electron chi connectivity index (χ2n) is 5.44. The van der Waals surface area contributed by atoms with Crippen molar-refractivity contribution in [2.45, 2.75) is 17.0 Å². The van der Waals surface area contributed by atoms with Crippen LogP contribution in [0.5, 0.6) is 0 Å². The van der Waals surface area contributed by atoms with Crippen molar-refractivity contribution < 1.29 is 8.42 Å². The lowest BCUT2D eigenvalue weighted by Crippen LogP contribution is -2.09. The van der Waals surface area contributed by atoms with Gasteiger partial charge in [-0.05, 0) is 36.8 Å². The molecule has 0 fully saturated rings. The van der Waals surface area contributed by atoms with Crippen molar-refractivity contribution in [3.05, 3.63) is 71.5 Å². The van der Waals surface area contributed by atoms with Crippen LogP contribution in [0, 0.1) is 6.92 Å². The Bertz CT molecular complexity index is 970. The summed E-state index contributed by atoms with van der Waals surface area (Å²) in [4.78, 5) is 4.70. The minimum Gasteiger partial charge on any atom is -0.295 e. The molecule has 25 heavy (non-hydrogen) atoms. The highest BCUT2D eigenvalue weighted by atomic mass is 35.5. The summed E-state index contributed by atoms with van der Waals surface area (Å²) >= 11 is 7.61. The predicted molar refractivity (Wildman–Crippen MR) is 103 cm³/mol. The molecule has 0 spiro atoms. The van der Waals surface area contributed by atoms with Gasteiger partial charge in [0.15, 0.2) is 15.0 Å². The minimum atomic E-state index is -3.28. The number of sulfone groups is 1. The summed E-state index contributed by atoms with van der Waals surface area (Å²) in [5.74, 6) is 0.483. The molecule has 1 aromatic heterocycles. The molecular formula is C18H17ClN2O2S2. The molecule has 3 aromatic rings. The molecule has 130 valence electrons. The SMILES string of the molecule is Cc1c(Cl)cccc1-n1ccnc1SCCS(=O)(=O)c1ccccc1. The Balaban J connectivity index is 1.74. The van der Waals surface area contributed by atoms with Gasteiger partial charge in [0.05, 0.1) is 16.3 Å². The highest BCUT2D eigenvalue weighted by molar-refractivity contribution is 8.00. The van der Waals surface area contributed by atoms with Crippen LogP contribution in [0.25, 0.3) is 5.69 Å². The van der Waals surface area contributed by atoms with Gasteiger partial charge in [0.25, 0.3) is 0 Å². The van der Waals surface area contributed by atoms with E-state index in [-0.39, 0.29) is 5.75 Å². The van der Waals surface area contributed by atoms with E-state index in [4.69, 9.17) is 11.6 Å². The molecule has 0 aliphatic rings. The molecule has 0 radical (unpaired) electrons. The normalized spacial score (nSPS) is 11.6. The molecule has 0 amide bonds. The summed E-state index contributed by atoms with van der Waals surface area (Å²) in [5.41, 5.74) is 1.90. The minimum absolute atomic E-state index is 0.0586. The number of benzene rings is 2. The zero-order chi connectivity index (χ0) is 17.9. The van der Waals surface area contributed by atoms with E-state index in [1.807, 2.05) is 35.9 Å². The first-order chi connectivity index (χ1) is 12.0. The van der Waals surface area contributed by atoms with Gasteiger partial charge in [0.2, 0.25) is 0 Å². The Morgan fingerprint density at radius 1 is 1.12 bits per heavy atom. The topological polar surface area (TPSA) is 52.0 Å². The van der Waals surface area contributed by atoms with E-state index in [1.165, 1.54) is 11.8 Å². The standard InChI is InChI=1S/C18H17ClN2O2S2/c1-14-16(19)8-5-9-17(14)21-11-10-20-18(21)24-12-13-25(22,23)15-6-3-2-4-7-15/h2-11H,12-13H2,1H3. The molecule has 2 aromatic carbocycles. The maximum Gasteiger partial charge on any atom is 0.179 e. The lowest BCUT2D eigenvalue weighted by molar-refractivity contribution is 0.597. The van der Waals surface area contributed by atoms with Crippen molar-refractivity contribution in [3.63, 3.8) is 0 Å². The average Bonchev–Trinajstić information content (AvgIpc) is 3.06. The van der Waals surface area contributed by atoms with Gasteiger partial charge in [0.1, 0.15) is 0 Å². The van der Waals surface area contributed by atoms with Crippen molar-refractivity contribution in [1.82, 2.24) is 9.55 Å². The van der Waals surface area contributed by atoms with Crippen LogP contribution in [0.1, 0.15) is 5.56 Å². The maximum atomic E-state index is 12.4. The molecule has 0 saturated heterocycles. The third kappa shape index (κ3) is 4.08. The van der Waals surface area contributed by atoms with Crippen LogP contribution >= 0.6 is 23.4 Å². The molecule has 0 N–H and O–H groups in total. The number of rotatable bonds is 6. The van der Waals surface area contributed by atoms with Gasteiger partial charge in [-0.3, -0.25) is 4.57 Å². The van der Waals surface area contributed by atoms with Crippen LogP contribution in [0.3, 0.4) is 0 Å². The van der Waals surface area contributed by atoms with Crippen molar-refractivity contribution in [3.8, 4) is 5.69 Å². The summed E-state index contributed by atoms with van der Waals surface area (Å²) in [6, 6.07) is 14.2. The van der Waals surface area contributed by atoms with E-state index in [2.05, 4.69) is 4.98 Å². The number of aromatic nitrogens is 2. The van der Waals surface area contributed by atoms with Crippen LogP contribution in [-0.2, 0) is 9.84 Å². The molecular weight excluding hydrogens is 376 g/mol. The zero-order valence-corrected chi connectivity index (χ0v) is 16.0. The summed E-state index contributed by atoms with van der Waals surface area (Å²) in [6.07, 6.45) is 3.56. The first-order valence-corrected chi connectivity index (χ1v) is 10.7. The maximum absolute atomic E-state index is 12.4. The molecule has 7 heteroatoms. The Labute approximate surface area is 156 Å². The van der Waals surface area contributed by atoms with Crippen molar-refractivity contribution >= 4 is 33.2 Å². The van der Waals surface area contributed by atoms with Crippen LogP contribution in [0.2, 0.25) is 5.02 Å². The van der Waals surface area contributed by atoms with Gasteiger partial charge in [-0.2, -0.15) is 0 Å². The number of hydrogen-bond donors (Lipinski definition) is 0. The molecule has 0 atom stereocenters. The summed E-state index contributed by atoms with van der Waals surface area (Å²) in [6.45, 7) is 1.95. The summed E-state index contributed by atoms with van der Waals surface area (Å²) in [7, 11) is -3.28. The first kappa shape index (κ1) is 18.0. The molecule has 0 aliphatic carbocycles. The lowest BCUT2D eigenvalue weighted by Gasteiger charge is -2.11. The highest BCUT2D eigenvalue weighted by Crippen LogP contribution is 2.27.